The van der Waals surface area contributed by atoms with E-state index in [2.05, 4.69) is 35.3 Å². The number of carbonyl (C=O) groups excluding carboxylic acids is 1. The zero-order valence-electron chi connectivity index (χ0n) is 18.6. The number of aromatic amines is 1. The normalized spacial score (nSPS) is 12.7. The number of phenolic OH excluding ortho intramolecular Hbond substituents is 1. The molecule has 2 heterocycles. The number of nitrogens with zero attached hydrogens (tertiary/aromatic N) is 2. The van der Waals surface area contributed by atoms with Crippen molar-refractivity contribution in [3.63, 3.8) is 0 Å². The molecule has 1 aliphatic heterocycles. The lowest BCUT2D eigenvalue weighted by atomic mass is 10.0. The average Bonchev–Trinajstić information content (AvgIpc) is 3.19. The van der Waals surface area contributed by atoms with Gasteiger partial charge in [0, 0.05) is 37.2 Å². The van der Waals surface area contributed by atoms with Crippen LogP contribution in [-0.2, 0) is 13.0 Å². The van der Waals surface area contributed by atoms with E-state index in [1.165, 1.54) is 11.6 Å². The molecule has 4 aromatic rings. The largest absolute Gasteiger partial charge is 0.507 e. The second-order valence-corrected chi connectivity index (χ2v) is 8.39. The van der Waals surface area contributed by atoms with Gasteiger partial charge in [0.1, 0.15) is 19.0 Å². The van der Waals surface area contributed by atoms with E-state index in [1.54, 1.807) is 18.0 Å². The van der Waals surface area contributed by atoms with Crippen LogP contribution in [0.3, 0.4) is 0 Å². The van der Waals surface area contributed by atoms with E-state index in [4.69, 9.17) is 9.47 Å². The van der Waals surface area contributed by atoms with Gasteiger partial charge in [-0.2, -0.15) is 5.10 Å². The van der Waals surface area contributed by atoms with Crippen LogP contribution < -0.4 is 9.47 Å². The second kappa shape index (κ2) is 8.50. The van der Waals surface area contributed by atoms with E-state index in [0.29, 0.717) is 43.2 Å². The van der Waals surface area contributed by atoms with Crippen LogP contribution in [0.4, 0.5) is 0 Å². The Morgan fingerprint density at radius 3 is 2.70 bits per heavy atom. The van der Waals surface area contributed by atoms with Gasteiger partial charge < -0.3 is 19.5 Å². The summed E-state index contributed by atoms with van der Waals surface area (Å²) in [5.41, 5.74) is 5.02. The second-order valence-electron chi connectivity index (χ2n) is 8.39. The Bertz CT molecular complexity index is 1340. The molecule has 7 nitrogen and oxygen atoms in total. The standard InChI is InChI=1S/C26H25N3O4/c1-16-4-3-5-17(10-16)11-21-19-13-20(23(30)14-22(19)28-27-21)26(31)29(2)15-18-6-7-24-25(12-18)33-9-8-32-24/h3-7,10,12-14,30H,8-9,11,15H2,1-2H3,(H,27,28). The molecular formula is C26H25N3O4. The molecule has 1 aliphatic rings. The number of hydrogen-bond donors (Lipinski definition) is 2. The first-order chi connectivity index (χ1) is 16.0. The highest BCUT2D eigenvalue weighted by Gasteiger charge is 2.20. The summed E-state index contributed by atoms with van der Waals surface area (Å²) in [6.07, 6.45) is 0.656. The van der Waals surface area contributed by atoms with E-state index in [1.807, 2.05) is 24.3 Å². The van der Waals surface area contributed by atoms with E-state index < -0.39 is 0 Å². The van der Waals surface area contributed by atoms with E-state index in [9.17, 15) is 9.90 Å². The molecule has 0 saturated heterocycles. The summed E-state index contributed by atoms with van der Waals surface area (Å²) in [4.78, 5) is 14.8. The van der Waals surface area contributed by atoms with Crippen LogP contribution in [0.5, 0.6) is 17.2 Å². The molecule has 0 spiro atoms. The first-order valence-corrected chi connectivity index (χ1v) is 10.9. The number of phenols is 1. The summed E-state index contributed by atoms with van der Waals surface area (Å²) < 4.78 is 11.2. The number of hydrogen-bond acceptors (Lipinski definition) is 5. The van der Waals surface area contributed by atoms with Gasteiger partial charge in [-0.1, -0.05) is 35.9 Å². The van der Waals surface area contributed by atoms with Crippen LogP contribution in [0.2, 0.25) is 0 Å². The molecule has 2 N–H and O–H groups in total. The number of carbonyl (C=O) groups is 1. The molecule has 0 radical (unpaired) electrons. The van der Waals surface area contributed by atoms with Gasteiger partial charge in [0.15, 0.2) is 11.5 Å². The quantitative estimate of drug-likeness (QED) is 0.482. The fourth-order valence-corrected chi connectivity index (χ4v) is 4.17. The molecule has 33 heavy (non-hydrogen) atoms. The molecule has 0 unspecified atom stereocenters. The summed E-state index contributed by atoms with van der Waals surface area (Å²) in [5, 5.41) is 18.8. The smallest absolute Gasteiger partial charge is 0.257 e. The zero-order chi connectivity index (χ0) is 22.9. The maximum Gasteiger partial charge on any atom is 0.257 e. The zero-order valence-corrected chi connectivity index (χ0v) is 18.6. The molecular weight excluding hydrogens is 418 g/mol. The summed E-state index contributed by atoms with van der Waals surface area (Å²) in [7, 11) is 1.71. The lowest BCUT2D eigenvalue weighted by Crippen LogP contribution is -2.26. The number of fused-ring (bicyclic) bond motifs is 2. The van der Waals surface area contributed by atoms with Crippen molar-refractivity contribution >= 4 is 16.8 Å². The SMILES string of the molecule is Cc1cccc(Cc2[nH]nc3cc(O)c(C(=O)N(C)Cc4ccc5c(c4)OCCO5)cc23)c1. The van der Waals surface area contributed by atoms with E-state index in [-0.39, 0.29) is 17.2 Å². The maximum atomic E-state index is 13.2. The van der Waals surface area contributed by atoms with Crippen molar-refractivity contribution in [1.29, 1.82) is 0 Å². The molecule has 3 aromatic carbocycles. The van der Waals surface area contributed by atoms with Gasteiger partial charge in [0.2, 0.25) is 0 Å². The predicted molar refractivity (Wildman–Crippen MR) is 125 cm³/mol. The lowest BCUT2D eigenvalue weighted by Gasteiger charge is -2.21. The van der Waals surface area contributed by atoms with Crippen LogP contribution in [0.1, 0.15) is 32.7 Å². The Labute approximate surface area is 191 Å². The highest BCUT2D eigenvalue weighted by Crippen LogP contribution is 2.32. The Balaban J connectivity index is 1.40. The third kappa shape index (κ3) is 4.22. The van der Waals surface area contributed by atoms with Crippen molar-refractivity contribution in [3.8, 4) is 17.2 Å². The highest BCUT2D eigenvalue weighted by molar-refractivity contribution is 6.01. The molecule has 168 valence electrons. The highest BCUT2D eigenvalue weighted by atomic mass is 16.6. The monoisotopic (exact) mass is 443 g/mol. The van der Waals surface area contributed by atoms with Crippen molar-refractivity contribution in [2.24, 2.45) is 0 Å². The summed E-state index contributed by atoms with van der Waals surface area (Å²) in [6, 6.07) is 17.2. The fraction of sp³-hybridized carbons (Fsp3) is 0.231. The minimum absolute atomic E-state index is 0.0878. The first kappa shape index (κ1) is 20.9. The number of aryl methyl sites for hydroxylation is 1. The van der Waals surface area contributed by atoms with Crippen LogP contribution in [0.25, 0.3) is 10.9 Å². The number of aromatic nitrogens is 2. The molecule has 1 aromatic heterocycles. The van der Waals surface area contributed by atoms with Crippen LogP contribution >= 0.6 is 0 Å². The van der Waals surface area contributed by atoms with Gasteiger partial charge in [0.05, 0.1) is 11.1 Å². The van der Waals surface area contributed by atoms with Crippen molar-refractivity contribution in [1.82, 2.24) is 15.1 Å². The summed E-state index contributed by atoms with van der Waals surface area (Å²) in [6.45, 7) is 3.47. The van der Waals surface area contributed by atoms with Gasteiger partial charge in [-0.25, -0.2) is 0 Å². The van der Waals surface area contributed by atoms with Crippen molar-refractivity contribution in [3.05, 3.63) is 82.5 Å². The summed E-state index contributed by atoms with van der Waals surface area (Å²) in [5.74, 6) is 1.04. The number of ether oxygens (including phenoxy) is 2. The van der Waals surface area contributed by atoms with Crippen molar-refractivity contribution in [2.75, 3.05) is 20.3 Å². The Kier molecular flexibility index (Phi) is 5.38. The number of amides is 1. The van der Waals surface area contributed by atoms with Gasteiger partial charge in [-0.15, -0.1) is 0 Å². The van der Waals surface area contributed by atoms with Crippen LogP contribution in [0.15, 0.2) is 54.6 Å². The number of H-pyrrole nitrogens is 1. The van der Waals surface area contributed by atoms with E-state index >= 15 is 0 Å². The van der Waals surface area contributed by atoms with Crippen molar-refractivity contribution in [2.45, 2.75) is 19.9 Å². The molecule has 7 heteroatoms. The Hall–Kier alpha value is -4.00. The fourth-order valence-electron chi connectivity index (χ4n) is 4.17. The lowest BCUT2D eigenvalue weighted by molar-refractivity contribution is 0.0782. The van der Waals surface area contributed by atoms with Crippen LogP contribution in [-0.4, -0.2) is 46.4 Å². The van der Waals surface area contributed by atoms with Crippen LogP contribution in [0, 0.1) is 6.92 Å². The topological polar surface area (TPSA) is 87.7 Å². The Morgan fingerprint density at radius 2 is 1.88 bits per heavy atom. The molecule has 5 rings (SSSR count). The molecule has 0 atom stereocenters. The molecule has 0 fully saturated rings. The van der Waals surface area contributed by atoms with Gasteiger partial charge in [-0.3, -0.25) is 9.89 Å². The van der Waals surface area contributed by atoms with E-state index in [0.717, 1.165) is 22.2 Å². The number of benzene rings is 3. The third-order valence-electron chi connectivity index (χ3n) is 5.82. The minimum atomic E-state index is -0.271. The minimum Gasteiger partial charge on any atom is -0.507 e. The average molecular weight is 444 g/mol. The third-order valence-corrected chi connectivity index (χ3v) is 5.82. The molecule has 0 bridgehead atoms. The molecule has 0 saturated carbocycles. The predicted octanol–water partition coefficient (Wildman–Crippen LogP) is 4.21. The Morgan fingerprint density at radius 1 is 1.06 bits per heavy atom. The number of rotatable bonds is 5. The number of aromatic hydroxyl groups is 1. The number of nitrogens with one attached hydrogen (secondary N) is 1. The maximum absolute atomic E-state index is 13.2. The molecule has 0 aliphatic carbocycles. The van der Waals surface area contributed by atoms with Crippen molar-refractivity contribution < 1.29 is 19.4 Å². The molecule has 1 amide bonds. The van der Waals surface area contributed by atoms with Gasteiger partial charge >= 0.3 is 0 Å². The van der Waals surface area contributed by atoms with Gasteiger partial charge in [0.25, 0.3) is 5.91 Å². The summed E-state index contributed by atoms with van der Waals surface area (Å²) >= 11 is 0. The first-order valence-electron chi connectivity index (χ1n) is 10.9. The van der Waals surface area contributed by atoms with Gasteiger partial charge in [-0.05, 0) is 36.2 Å².